The summed E-state index contributed by atoms with van der Waals surface area (Å²) in [6.45, 7) is 1.69. The van der Waals surface area contributed by atoms with Crippen molar-refractivity contribution < 1.29 is 9.18 Å². The molecule has 6 rings (SSSR count). The third-order valence-corrected chi connectivity index (χ3v) is 7.42. The molecule has 140 valence electrons. The number of rotatable bonds is 3. The third-order valence-electron chi connectivity index (χ3n) is 7.42. The van der Waals surface area contributed by atoms with Crippen molar-refractivity contribution in [2.45, 2.75) is 57.4 Å². The van der Waals surface area contributed by atoms with E-state index in [4.69, 9.17) is 0 Å². The van der Waals surface area contributed by atoms with E-state index in [-0.39, 0.29) is 17.3 Å². The summed E-state index contributed by atoms with van der Waals surface area (Å²) in [5, 5.41) is 3.51. The van der Waals surface area contributed by atoms with E-state index in [1.807, 2.05) is 0 Å². The molecule has 3 nitrogen and oxygen atoms in total. The number of anilines is 1. The van der Waals surface area contributed by atoms with Crippen molar-refractivity contribution >= 4 is 11.6 Å². The van der Waals surface area contributed by atoms with Crippen LogP contribution in [-0.4, -0.2) is 29.9 Å². The molecule has 4 aliphatic carbocycles. The van der Waals surface area contributed by atoms with Crippen LogP contribution in [0.2, 0.25) is 0 Å². The van der Waals surface area contributed by atoms with Crippen molar-refractivity contribution in [3.8, 4) is 0 Å². The zero-order chi connectivity index (χ0) is 17.7. The molecule has 0 radical (unpaired) electrons. The number of hydrogen-bond donors (Lipinski definition) is 1. The van der Waals surface area contributed by atoms with E-state index in [1.54, 1.807) is 12.1 Å². The van der Waals surface area contributed by atoms with E-state index in [0.29, 0.717) is 5.91 Å². The molecule has 0 unspecified atom stereocenters. The summed E-state index contributed by atoms with van der Waals surface area (Å²) in [5.74, 6) is 2.66. The van der Waals surface area contributed by atoms with Gasteiger partial charge in [0.15, 0.2) is 0 Å². The van der Waals surface area contributed by atoms with Crippen LogP contribution in [0.5, 0.6) is 0 Å². The molecule has 1 heterocycles. The summed E-state index contributed by atoms with van der Waals surface area (Å²) >= 11 is 0. The van der Waals surface area contributed by atoms with E-state index in [2.05, 4.69) is 10.2 Å². The molecular weight excluding hydrogens is 327 g/mol. The molecule has 1 amide bonds. The summed E-state index contributed by atoms with van der Waals surface area (Å²) < 4.78 is 13.1. The second-order valence-corrected chi connectivity index (χ2v) is 9.44. The monoisotopic (exact) mass is 356 g/mol. The Bertz CT molecular complexity index is 651. The van der Waals surface area contributed by atoms with E-state index >= 15 is 0 Å². The predicted octanol–water partition coefficient (Wildman–Crippen LogP) is 4.45. The first-order valence-corrected chi connectivity index (χ1v) is 10.4. The molecule has 0 aromatic heterocycles. The number of halogens is 1. The van der Waals surface area contributed by atoms with Crippen molar-refractivity contribution in [3.05, 3.63) is 30.1 Å². The number of amides is 1. The lowest BCUT2D eigenvalue weighted by Gasteiger charge is -2.57. The SMILES string of the molecule is O=C(N1CCC[C@@H](Nc2ccc(F)cc2)C1)C12CC3CC(CC(C3)C1)C2. The van der Waals surface area contributed by atoms with E-state index < -0.39 is 0 Å². The minimum absolute atomic E-state index is 0.0352. The first-order valence-electron chi connectivity index (χ1n) is 10.4. The molecule has 1 N–H and O–H groups in total. The fraction of sp³-hybridized carbons (Fsp3) is 0.682. The molecule has 1 aromatic carbocycles. The maximum Gasteiger partial charge on any atom is 0.228 e. The molecule has 0 spiro atoms. The second-order valence-electron chi connectivity index (χ2n) is 9.44. The maximum atomic E-state index is 13.5. The smallest absolute Gasteiger partial charge is 0.228 e. The molecule has 4 heteroatoms. The van der Waals surface area contributed by atoms with Gasteiger partial charge in [-0.15, -0.1) is 0 Å². The van der Waals surface area contributed by atoms with Gasteiger partial charge in [-0.25, -0.2) is 4.39 Å². The van der Waals surface area contributed by atoms with Crippen LogP contribution in [0.3, 0.4) is 0 Å². The van der Waals surface area contributed by atoms with Gasteiger partial charge in [0.05, 0.1) is 5.41 Å². The largest absolute Gasteiger partial charge is 0.381 e. The normalized spacial score (nSPS) is 38.4. The number of likely N-dealkylation sites (tertiary alicyclic amines) is 1. The van der Waals surface area contributed by atoms with Gasteiger partial charge in [-0.05, 0) is 93.4 Å². The molecule has 5 fully saturated rings. The number of piperidine rings is 1. The van der Waals surface area contributed by atoms with Crippen LogP contribution in [0.4, 0.5) is 10.1 Å². The molecule has 1 aromatic rings. The molecule has 26 heavy (non-hydrogen) atoms. The van der Waals surface area contributed by atoms with E-state index in [1.165, 1.54) is 31.4 Å². The van der Waals surface area contributed by atoms with Crippen molar-refractivity contribution in [1.82, 2.24) is 4.90 Å². The molecule has 4 saturated carbocycles. The zero-order valence-corrected chi connectivity index (χ0v) is 15.4. The molecule has 5 aliphatic rings. The molecule has 1 atom stereocenters. The fourth-order valence-corrected chi connectivity index (χ4v) is 6.77. The first-order chi connectivity index (χ1) is 12.6. The lowest BCUT2D eigenvalue weighted by Crippen LogP contribution is -2.57. The average Bonchev–Trinajstić information content (AvgIpc) is 2.62. The summed E-state index contributed by atoms with van der Waals surface area (Å²) in [6.07, 6.45) is 9.68. The number of nitrogens with zero attached hydrogens (tertiary/aromatic N) is 1. The van der Waals surface area contributed by atoms with Gasteiger partial charge in [0.1, 0.15) is 5.82 Å². The van der Waals surface area contributed by atoms with Crippen LogP contribution in [0.25, 0.3) is 0 Å². The van der Waals surface area contributed by atoms with E-state index in [9.17, 15) is 9.18 Å². The van der Waals surface area contributed by atoms with Crippen molar-refractivity contribution in [3.63, 3.8) is 0 Å². The number of carbonyl (C=O) groups is 1. The lowest BCUT2D eigenvalue weighted by atomic mass is 9.49. The highest BCUT2D eigenvalue weighted by Crippen LogP contribution is 2.60. The predicted molar refractivity (Wildman–Crippen MR) is 100 cm³/mol. The fourth-order valence-electron chi connectivity index (χ4n) is 6.77. The minimum atomic E-state index is -0.210. The summed E-state index contributed by atoms with van der Waals surface area (Å²) in [6, 6.07) is 6.82. The summed E-state index contributed by atoms with van der Waals surface area (Å²) in [7, 11) is 0. The van der Waals surface area contributed by atoms with E-state index in [0.717, 1.165) is 68.6 Å². The first kappa shape index (κ1) is 16.6. The highest BCUT2D eigenvalue weighted by atomic mass is 19.1. The van der Waals surface area contributed by atoms with Crippen LogP contribution < -0.4 is 5.32 Å². The van der Waals surface area contributed by atoms with Crippen molar-refractivity contribution in [2.75, 3.05) is 18.4 Å². The van der Waals surface area contributed by atoms with Crippen LogP contribution in [0.1, 0.15) is 51.4 Å². The van der Waals surface area contributed by atoms with Crippen LogP contribution in [0, 0.1) is 29.0 Å². The van der Waals surface area contributed by atoms with Crippen LogP contribution in [0.15, 0.2) is 24.3 Å². The average molecular weight is 356 g/mol. The quantitative estimate of drug-likeness (QED) is 0.868. The zero-order valence-electron chi connectivity index (χ0n) is 15.4. The molecule has 1 aliphatic heterocycles. The summed E-state index contributed by atoms with van der Waals surface area (Å²) in [5.41, 5.74) is 0.910. The van der Waals surface area contributed by atoms with Gasteiger partial charge < -0.3 is 10.2 Å². The number of benzene rings is 1. The Kier molecular flexibility index (Phi) is 3.98. The molecule has 1 saturated heterocycles. The van der Waals surface area contributed by atoms with Crippen molar-refractivity contribution in [1.29, 1.82) is 0 Å². The Balaban J connectivity index is 1.28. The topological polar surface area (TPSA) is 32.3 Å². The maximum absolute atomic E-state index is 13.5. The highest BCUT2D eigenvalue weighted by Gasteiger charge is 2.55. The molecule has 4 bridgehead atoms. The minimum Gasteiger partial charge on any atom is -0.381 e. The lowest BCUT2D eigenvalue weighted by molar-refractivity contribution is -0.158. The Morgan fingerprint density at radius 3 is 2.27 bits per heavy atom. The Morgan fingerprint density at radius 2 is 1.65 bits per heavy atom. The number of hydrogen-bond acceptors (Lipinski definition) is 2. The van der Waals surface area contributed by atoms with Gasteiger partial charge in [0, 0.05) is 24.8 Å². The van der Waals surface area contributed by atoms with Gasteiger partial charge in [0.25, 0.3) is 0 Å². The number of nitrogens with one attached hydrogen (secondary N) is 1. The Labute approximate surface area is 155 Å². The third kappa shape index (κ3) is 2.91. The van der Waals surface area contributed by atoms with Gasteiger partial charge >= 0.3 is 0 Å². The van der Waals surface area contributed by atoms with Gasteiger partial charge in [-0.1, -0.05) is 0 Å². The standard InChI is InChI=1S/C22H29FN2O/c23-18-3-5-19(6-4-18)24-20-2-1-7-25(14-20)21(26)22-11-15-8-16(12-22)10-17(9-15)13-22/h3-6,15-17,20,24H,1-2,7-14H2/t15?,16?,17?,20-,22?/m1/s1. The van der Waals surface area contributed by atoms with Gasteiger partial charge in [-0.2, -0.15) is 0 Å². The van der Waals surface area contributed by atoms with Gasteiger partial charge in [0.2, 0.25) is 5.91 Å². The van der Waals surface area contributed by atoms with Crippen molar-refractivity contribution in [2.24, 2.45) is 23.2 Å². The highest BCUT2D eigenvalue weighted by molar-refractivity contribution is 5.83. The second kappa shape index (κ2) is 6.24. The Hall–Kier alpha value is -1.58. The van der Waals surface area contributed by atoms with Crippen LogP contribution in [-0.2, 0) is 4.79 Å². The molecular formula is C22H29FN2O. The van der Waals surface area contributed by atoms with Crippen LogP contribution >= 0.6 is 0 Å². The number of carbonyl (C=O) groups excluding carboxylic acids is 1. The summed E-state index contributed by atoms with van der Waals surface area (Å²) in [4.78, 5) is 15.7. The van der Waals surface area contributed by atoms with Gasteiger partial charge in [-0.3, -0.25) is 4.79 Å². The Morgan fingerprint density at radius 1 is 1.04 bits per heavy atom.